The van der Waals surface area contributed by atoms with Crippen LogP contribution in [0.3, 0.4) is 0 Å². The Balaban J connectivity index is 0.000000187. The van der Waals surface area contributed by atoms with Crippen LogP contribution in [0.4, 0.5) is 0 Å². The summed E-state index contributed by atoms with van der Waals surface area (Å²) in [6.07, 6.45) is 0.973. The van der Waals surface area contributed by atoms with E-state index >= 15 is 0 Å². The second-order valence-corrected chi connectivity index (χ2v) is 18.2. The Morgan fingerprint density at radius 3 is 2.07 bits per heavy atom. The van der Waals surface area contributed by atoms with E-state index in [0.717, 1.165) is 16.0 Å². The first kappa shape index (κ1) is 13.5. The maximum absolute atomic E-state index is 5.62. The molecule has 1 fully saturated rings. The van der Waals surface area contributed by atoms with Crippen LogP contribution in [0, 0.1) is 0 Å². The molecule has 1 saturated heterocycles. The van der Waals surface area contributed by atoms with E-state index in [1.54, 1.807) is 0 Å². The molecule has 1 aliphatic heterocycles. The van der Waals surface area contributed by atoms with E-state index in [2.05, 4.69) is 12.1 Å². The van der Waals surface area contributed by atoms with Crippen molar-refractivity contribution in [3.05, 3.63) is 35.9 Å². The van der Waals surface area contributed by atoms with Gasteiger partial charge in [0.05, 0.1) is 0 Å². The first-order valence-corrected chi connectivity index (χ1v) is 13.6. The molecule has 0 aliphatic carbocycles. The molecule has 0 spiro atoms. The number of benzene rings is 1. The van der Waals surface area contributed by atoms with Gasteiger partial charge in [0.15, 0.2) is 0 Å². The summed E-state index contributed by atoms with van der Waals surface area (Å²) in [4.78, 5) is 2.33. The molecule has 2 N–H and O–H groups in total. The van der Waals surface area contributed by atoms with Gasteiger partial charge in [-0.05, 0) is 18.9 Å². The van der Waals surface area contributed by atoms with Gasteiger partial charge >= 0.3 is 42.4 Å². The fraction of sp³-hybridized carbons (Fsp3) is 0.455. The molecule has 0 saturated carbocycles. The summed E-state index contributed by atoms with van der Waals surface area (Å²) in [5.41, 5.74) is 6.94. The second-order valence-electron chi connectivity index (χ2n) is 3.52. The second kappa shape index (κ2) is 6.25. The SMILES string of the molecule is CC(N)Cc1ccccc1.[Cl][Pt]1([Cl])[CH2][CH2]1. The van der Waals surface area contributed by atoms with E-state index in [1.165, 1.54) is 5.56 Å². The van der Waals surface area contributed by atoms with Crippen LogP contribution in [0.2, 0.25) is 9.62 Å². The molecular weight excluding hydrogens is 412 g/mol. The molecular formula is C11H17Cl2NPt. The van der Waals surface area contributed by atoms with Gasteiger partial charge in [0.2, 0.25) is 0 Å². The van der Waals surface area contributed by atoms with Crippen LogP contribution in [0.5, 0.6) is 0 Å². The Bertz CT molecular complexity index is 282. The summed E-state index contributed by atoms with van der Waals surface area (Å²) < 4.78 is 0. The van der Waals surface area contributed by atoms with Crippen LogP contribution < -0.4 is 5.73 Å². The van der Waals surface area contributed by atoms with Crippen molar-refractivity contribution in [2.45, 2.75) is 29.0 Å². The molecule has 0 aromatic heterocycles. The van der Waals surface area contributed by atoms with Gasteiger partial charge in [-0.15, -0.1) is 0 Å². The fourth-order valence-corrected chi connectivity index (χ4v) is 8.58. The van der Waals surface area contributed by atoms with Crippen molar-refractivity contribution < 1.29 is 14.0 Å². The van der Waals surface area contributed by atoms with Gasteiger partial charge in [-0.25, -0.2) is 0 Å². The molecule has 90 valence electrons. The van der Waals surface area contributed by atoms with Crippen LogP contribution >= 0.6 is 18.8 Å². The molecule has 1 nitrogen and oxygen atoms in total. The van der Waals surface area contributed by atoms with Crippen molar-refractivity contribution >= 4 is 18.8 Å². The summed E-state index contributed by atoms with van der Waals surface area (Å²) in [5, 5.41) is 0. The Kier molecular flexibility index (Phi) is 5.63. The number of nitrogens with two attached hydrogens (primary N) is 1. The van der Waals surface area contributed by atoms with Crippen molar-refractivity contribution in [1.29, 1.82) is 0 Å². The van der Waals surface area contributed by atoms with E-state index in [0.29, 0.717) is 0 Å². The maximum atomic E-state index is 5.62. The summed E-state index contributed by atoms with van der Waals surface area (Å²) in [7, 11) is 11.2. The Hall–Kier alpha value is 0.448. The normalized spacial score (nSPS) is 20.8. The van der Waals surface area contributed by atoms with E-state index in [9.17, 15) is 0 Å². The molecule has 1 aromatic carbocycles. The van der Waals surface area contributed by atoms with Crippen LogP contribution in [-0.4, -0.2) is 6.04 Å². The van der Waals surface area contributed by atoms with Crippen molar-refractivity contribution in [2.24, 2.45) is 5.73 Å². The van der Waals surface area contributed by atoms with Crippen molar-refractivity contribution in [2.75, 3.05) is 0 Å². The average molecular weight is 429 g/mol. The topological polar surface area (TPSA) is 26.0 Å². The van der Waals surface area contributed by atoms with E-state index in [-0.39, 0.29) is 6.04 Å². The number of halogens is 2. The molecule has 0 radical (unpaired) electrons. The molecule has 1 aliphatic rings. The average Bonchev–Trinajstić information content (AvgIpc) is 2.83. The van der Waals surface area contributed by atoms with Crippen LogP contribution in [0.1, 0.15) is 12.5 Å². The molecule has 1 unspecified atom stereocenters. The first-order valence-electron chi connectivity index (χ1n) is 4.77. The predicted octanol–water partition coefficient (Wildman–Crippen LogP) is 3.87. The van der Waals surface area contributed by atoms with Crippen molar-refractivity contribution in [3.8, 4) is 0 Å². The fourth-order valence-electron chi connectivity index (χ4n) is 1.02. The number of hydrogen-bond donors (Lipinski definition) is 1. The van der Waals surface area contributed by atoms with Gasteiger partial charge < -0.3 is 5.73 Å². The quantitative estimate of drug-likeness (QED) is 0.759. The zero-order valence-corrected chi connectivity index (χ0v) is 12.5. The molecule has 1 heterocycles. The predicted molar refractivity (Wildman–Crippen MR) is 65.1 cm³/mol. The Morgan fingerprint density at radius 1 is 1.27 bits per heavy atom. The third-order valence-electron chi connectivity index (χ3n) is 1.80. The minimum absolute atomic E-state index is 0.266. The molecule has 2 rings (SSSR count). The van der Waals surface area contributed by atoms with Gasteiger partial charge in [0.25, 0.3) is 0 Å². The molecule has 4 heteroatoms. The minimum atomic E-state index is -1.75. The third-order valence-corrected chi connectivity index (χ3v) is 8.56. The summed E-state index contributed by atoms with van der Waals surface area (Å²) in [6.45, 7) is 2.02. The van der Waals surface area contributed by atoms with E-state index in [4.69, 9.17) is 24.6 Å². The summed E-state index contributed by atoms with van der Waals surface area (Å²) >= 11 is -1.75. The Morgan fingerprint density at radius 2 is 1.73 bits per heavy atom. The van der Waals surface area contributed by atoms with Gasteiger partial charge in [0, 0.05) is 6.04 Å². The Labute approximate surface area is 103 Å². The molecule has 0 bridgehead atoms. The van der Waals surface area contributed by atoms with Crippen molar-refractivity contribution in [3.63, 3.8) is 0 Å². The monoisotopic (exact) mass is 428 g/mol. The third kappa shape index (κ3) is 7.35. The summed E-state index contributed by atoms with van der Waals surface area (Å²) in [6, 6.07) is 10.6. The van der Waals surface area contributed by atoms with Crippen LogP contribution in [0.15, 0.2) is 30.3 Å². The van der Waals surface area contributed by atoms with E-state index in [1.807, 2.05) is 25.1 Å². The number of hydrogen-bond acceptors (Lipinski definition) is 1. The van der Waals surface area contributed by atoms with Crippen LogP contribution in [0.25, 0.3) is 0 Å². The first-order chi connectivity index (χ1) is 6.99. The molecule has 0 amide bonds. The molecule has 1 aromatic rings. The van der Waals surface area contributed by atoms with Gasteiger partial charge in [-0.2, -0.15) is 0 Å². The molecule has 1 atom stereocenters. The number of rotatable bonds is 2. The van der Waals surface area contributed by atoms with E-state index < -0.39 is 14.0 Å². The van der Waals surface area contributed by atoms with Gasteiger partial charge in [0.1, 0.15) is 0 Å². The van der Waals surface area contributed by atoms with Crippen LogP contribution in [-0.2, 0) is 20.4 Å². The zero-order valence-electron chi connectivity index (χ0n) is 8.73. The van der Waals surface area contributed by atoms with Gasteiger partial charge in [-0.3, -0.25) is 0 Å². The zero-order chi connectivity index (χ0) is 11.3. The summed E-state index contributed by atoms with van der Waals surface area (Å²) in [5.74, 6) is 0. The van der Waals surface area contributed by atoms with Crippen molar-refractivity contribution in [1.82, 2.24) is 0 Å². The standard InChI is InChI=1S/C9H13N.C2H4.2ClH.Pt/c1-8(10)7-9-5-3-2-4-6-9;1-2;;;/h2-6,8H,7,10H2,1H3;1-2H2;2*1H;/q;;;;+2/p-2. The van der Waals surface area contributed by atoms with Gasteiger partial charge in [-0.1, -0.05) is 30.3 Å². The molecule has 15 heavy (non-hydrogen) atoms.